The maximum Gasteiger partial charge on any atom is 0.254 e. The van der Waals surface area contributed by atoms with Crippen molar-refractivity contribution < 1.29 is 28.6 Å². The van der Waals surface area contributed by atoms with Crippen LogP contribution >= 0.6 is 11.6 Å². The van der Waals surface area contributed by atoms with E-state index < -0.39 is 10.8 Å². The van der Waals surface area contributed by atoms with E-state index in [1.165, 1.54) is 0 Å². The van der Waals surface area contributed by atoms with E-state index in [1.54, 1.807) is 74.0 Å². The Kier molecular flexibility index (Phi) is 13.8. The molecule has 18 heteroatoms. The highest BCUT2D eigenvalue weighted by Gasteiger charge is 2.64. The minimum Gasteiger partial charge on any atom is -0.495 e. The zero-order chi connectivity index (χ0) is 47.6. The Labute approximate surface area is 396 Å². The normalized spacial score (nSPS) is 21.2. The van der Waals surface area contributed by atoms with Crippen LogP contribution in [0.25, 0.3) is 0 Å². The zero-order valence-electron chi connectivity index (χ0n) is 39.3. The van der Waals surface area contributed by atoms with Crippen LogP contribution < -0.4 is 40.1 Å². The lowest BCUT2D eigenvalue weighted by Crippen LogP contribution is -2.74. The number of halogens is 1. The molecule has 2 saturated carbocycles. The summed E-state index contributed by atoms with van der Waals surface area (Å²) in [6.07, 6.45) is 11.1. The van der Waals surface area contributed by atoms with Crippen LogP contribution in [0.4, 0.5) is 29.1 Å². The Morgan fingerprint density at radius 1 is 0.940 bits per heavy atom. The number of piperidine rings is 1. The van der Waals surface area contributed by atoms with Crippen molar-refractivity contribution in [3.8, 4) is 17.6 Å². The zero-order valence-corrected chi connectivity index (χ0v) is 40.0. The molecule has 4 aromatic rings. The van der Waals surface area contributed by atoms with Crippen molar-refractivity contribution in [1.29, 1.82) is 5.26 Å². The largest absolute Gasteiger partial charge is 0.495 e. The van der Waals surface area contributed by atoms with Gasteiger partial charge in [0.1, 0.15) is 35.4 Å². The number of likely N-dealkylation sites (N-methyl/N-ethyl adjacent to an activating group) is 1. The SMILES string of the molecule is CC[C@@H]1C(=O)N(C)c2cnc(Nc3ccc(C(=O)NCCOC4CCN(c5ncc(C(=O)N[C@H]6C(C)(C)[C@H](Oc7ccc(C#N)c(Cl)c7)C6(C)C)cn5)CC4)cc3OC)nc2N1C1CCCC1. The van der Waals surface area contributed by atoms with E-state index in [0.717, 1.165) is 44.3 Å². The summed E-state index contributed by atoms with van der Waals surface area (Å²) in [5, 5.41) is 19.0. The first-order valence-corrected chi connectivity index (χ1v) is 23.5. The number of carbonyl (C=O) groups excluding carboxylic acids is 3. The number of nitrogens with zero attached hydrogens (tertiary/aromatic N) is 8. The van der Waals surface area contributed by atoms with Crippen molar-refractivity contribution in [2.24, 2.45) is 10.8 Å². The van der Waals surface area contributed by atoms with Gasteiger partial charge in [-0.15, -0.1) is 0 Å². The first-order valence-electron chi connectivity index (χ1n) is 23.2. The van der Waals surface area contributed by atoms with E-state index in [4.69, 9.17) is 30.8 Å². The number of aromatic nitrogens is 4. The lowest BCUT2D eigenvalue weighted by molar-refractivity contribution is -0.164. The fourth-order valence-electron chi connectivity index (χ4n) is 10.6. The predicted molar refractivity (Wildman–Crippen MR) is 255 cm³/mol. The molecule has 1 saturated heterocycles. The van der Waals surface area contributed by atoms with Crippen molar-refractivity contribution in [3.63, 3.8) is 0 Å². The second-order valence-electron chi connectivity index (χ2n) is 19.0. The highest BCUT2D eigenvalue weighted by atomic mass is 35.5. The molecule has 3 N–H and O–H groups in total. The van der Waals surface area contributed by atoms with E-state index in [9.17, 15) is 19.6 Å². The first-order chi connectivity index (χ1) is 32.1. The number of hydrogen-bond donors (Lipinski definition) is 3. The summed E-state index contributed by atoms with van der Waals surface area (Å²) in [5.74, 6) is 2.25. The third-order valence-corrected chi connectivity index (χ3v) is 14.2. The van der Waals surface area contributed by atoms with Gasteiger partial charge in [-0.05, 0) is 62.4 Å². The molecule has 0 unspecified atom stereocenters. The van der Waals surface area contributed by atoms with Gasteiger partial charge in [0.2, 0.25) is 17.8 Å². The second kappa shape index (κ2) is 19.5. The number of fused-ring (bicyclic) bond motifs is 1. The van der Waals surface area contributed by atoms with Gasteiger partial charge in [0, 0.05) is 73.6 Å². The lowest BCUT2D eigenvalue weighted by Gasteiger charge is -2.63. The van der Waals surface area contributed by atoms with Crippen LogP contribution in [0.2, 0.25) is 5.02 Å². The average Bonchev–Trinajstić information content (AvgIpc) is 3.87. The fourth-order valence-corrected chi connectivity index (χ4v) is 10.8. The van der Waals surface area contributed by atoms with Crippen LogP contribution in [0.1, 0.15) is 106 Å². The smallest absolute Gasteiger partial charge is 0.254 e. The third kappa shape index (κ3) is 9.51. The number of methoxy groups -OCH3 is 1. The predicted octanol–water partition coefficient (Wildman–Crippen LogP) is 7.08. The molecule has 8 rings (SSSR count). The number of ether oxygens (including phenoxy) is 3. The van der Waals surface area contributed by atoms with Crippen molar-refractivity contribution >= 4 is 58.4 Å². The molecule has 17 nitrogen and oxygen atoms in total. The Bertz CT molecular complexity index is 2500. The first kappa shape index (κ1) is 47.3. The quantitative estimate of drug-likeness (QED) is 0.102. The Morgan fingerprint density at radius 2 is 1.66 bits per heavy atom. The molecule has 0 spiro atoms. The Morgan fingerprint density at radius 3 is 2.31 bits per heavy atom. The Hall–Kier alpha value is -6.25. The lowest BCUT2D eigenvalue weighted by atomic mass is 9.49. The summed E-state index contributed by atoms with van der Waals surface area (Å²) >= 11 is 6.25. The molecular formula is C49H60ClN11O6. The number of benzene rings is 2. The summed E-state index contributed by atoms with van der Waals surface area (Å²) in [4.78, 5) is 64.4. The molecule has 2 aromatic carbocycles. The van der Waals surface area contributed by atoms with Gasteiger partial charge in [-0.3, -0.25) is 14.4 Å². The minimum atomic E-state index is -0.405. The molecule has 0 bridgehead atoms. The van der Waals surface area contributed by atoms with Crippen molar-refractivity contribution in [2.45, 2.75) is 110 Å². The number of hydrogen-bond acceptors (Lipinski definition) is 14. The highest BCUT2D eigenvalue weighted by Crippen LogP contribution is 2.55. The van der Waals surface area contributed by atoms with Gasteiger partial charge in [-0.2, -0.15) is 10.2 Å². The van der Waals surface area contributed by atoms with Crippen molar-refractivity contribution in [1.82, 2.24) is 30.6 Å². The van der Waals surface area contributed by atoms with E-state index in [0.29, 0.717) is 89.1 Å². The fraction of sp³-hybridized carbons (Fsp3) is 0.510. The molecule has 1 atom stereocenters. The van der Waals surface area contributed by atoms with Gasteiger partial charge >= 0.3 is 0 Å². The molecule has 4 aliphatic rings. The molecule has 4 heterocycles. The van der Waals surface area contributed by atoms with Crippen LogP contribution in [-0.2, 0) is 9.53 Å². The van der Waals surface area contributed by atoms with E-state index in [2.05, 4.69) is 74.5 Å². The molecule has 3 fully saturated rings. The van der Waals surface area contributed by atoms with Gasteiger partial charge in [0.25, 0.3) is 11.8 Å². The molecule has 2 aliphatic carbocycles. The third-order valence-electron chi connectivity index (χ3n) is 13.9. The van der Waals surface area contributed by atoms with Crippen LogP contribution in [0.15, 0.2) is 55.0 Å². The summed E-state index contributed by atoms with van der Waals surface area (Å²) in [6.45, 7) is 12.3. The van der Waals surface area contributed by atoms with Gasteiger partial charge in [0.15, 0.2) is 5.82 Å². The molecule has 3 amide bonds. The van der Waals surface area contributed by atoms with Crippen LogP contribution in [-0.4, -0.2) is 108 Å². The van der Waals surface area contributed by atoms with E-state index >= 15 is 0 Å². The topological polar surface area (TPSA) is 200 Å². The summed E-state index contributed by atoms with van der Waals surface area (Å²) in [7, 11) is 3.33. The molecule has 2 aliphatic heterocycles. The number of nitrogens with one attached hydrogen (secondary N) is 3. The van der Waals surface area contributed by atoms with Gasteiger partial charge in [0.05, 0.1) is 47.9 Å². The number of anilines is 5. The molecule has 67 heavy (non-hydrogen) atoms. The molecule has 2 aromatic heterocycles. The van der Waals surface area contributed by atoms with Crippen LogP contribution in [0.3, 0.4) is 0 Å². The summed E-state index contributed by atoms with van der Waals surface area (Å²) in [6, 6.07) is 12.0. The molecule has 0 radical (unpaired) electrons. The molecule has 354 valence electrons. The highest BCUT2D eigenvalue weighted by molar-refractivity contribution is 6.31. The maximum absolute atomic E-state index is 13.4. The number of carbonyl (C=O) groups is 3. The van der Waals surface area contributed by atoms with Gasteiger partial charge < -0.3 is 44.9 Å². The monoisotopic (exact) mass is 933 g/mol. The van der Waals surface area contributed by atoms with E-state index in [1.807, 2.05) is 6.92 Å². The van der Waals surface area contributed by atoms with Crippen molar-refractivity contribution in [2.75, 3.05) is 60.4 Å². The van der Waals surface area contributed by atoms with Crippen LogP contribution in [0, 0.1) is 22.2 Å². The van der Waals surface area contributed by atoms with E-state index in [-0.39, 0.29) is 48.1 Å². The van der Waals surface area contributed by atoms with Gasteiger partial charge in [-0.25, -0.2) is 15.0 Å². The van der Waals surface area contributed by atoms with Crippen LogP contribution in [0.5, 0.6) is 11.5 Å². The number of nitriles is 1. The number of rotatable bonds is 15. The Balaban J connectivity index is 0.780. The van der Waals surface area contributed by atoms with Gasteiger partial charge in [-0.1, -0.05) is 59.1 Å². The minimum absolute atomic E-state index is 0.0179. The van der Waals surface area contributed by atoms with Crippen molar-refractivity contribution in [3.05, 3.63) is 76.7 Å². The summed E-state index contributed by atoms with van der Waals surface area (Å²) in [5.41, 5.74) is 1.67. The maximum atomic E-state index is 13.4. The average molecular weight is 935 g/mol. The standard InChI is InChI=1S/C49H60ClN11O6/c1-8-37-43(64)59(6)38-28-53-46(57-40(38)61(37)32-11-9-10-12-32)56-36-16-14-29(23-39(36)65-7)41(62)52-19-22-66-33-17-20-60(21-18-33)47-54-26-31(27-55-47)42(63)58-44-48(2,3)45(49(44,4)5)67-34-15-13-30(25-51)35(50)24-34/h13-16,23-24,26-28,32-33,37,44-45H,8-12,17-22H2,1-7H3,(H,52,62)(H,58,63)(H,53,56,57)/t37-,44-,45-/m1/s1. The second-order valence-corrected chi connectivity index (χ2v) is 19.4. The number of amides is 3. The molecular weight excluding hydrogens is 874 g/mol. The summed E-state index contributed by atoms with van der Waals surface area (Å²) < 4.78 is 18.2.